The molecule has 1 saturated heterocycles. The van der Waals surface area contributed by atoms with Gasteiger partial charge in [0.1, 0.15) is 5.54 Å². The third-order valence-corrected chi connectivity index (χ3v) is 8.56. The molecule has 0 bridgehead atoms. The van der Waals surface area contributed by atoms with Crippen molar-refractivity contribution >= 4 is 23.0 Å². The second-order valence-corrected chi connectivity index (χ2v) is 11.5. The van der Waals surface area contributed by atoms with E-state index >= 15 is 0 Å². The quantitative estimate of drug-likeness (QED) is 0.517. The molecule has 0 spiro atoms. The third kappa shape index (κ3) is 4.51. The molecule has 194 valence electrons. The highest BCUT2D eigenvalue weighted by Gasteiger charge is 2.46. The number of likely N-dealkylation sites (tertiary alicyclic amines) is 1. The average molecular weight is 520 g/mol. The van der Waals surface area contributed by atoms with Crippen molar-refractivity contribution in [2.24, 2.45) is 13.0 Å². The highest BCUT2D eigenvalue weighted by Crippen LogP contribution is 2.37. The molecule has 37 heavy (non-hydrogen) atoms. The minimum Gasteiger partial charge on any atom is -0.391 e. The number of aliphatic hydroxyl groups is 1. The zero-order chi connectivity index (χ0) is 26.5. The van der Waals surface area contributed by atoms with Crippen molar-refractivity contribution in [1.82, 2.24) is 25.0 Å². The summed E-state index contributed by atoms with van der Waals surface area (Å²) in [5, 5.41) is 18.3. The molecule has 2 aliphatic rings. The summed E-state index contributed by atoms with van der Waals surface area (Å²) in [4.78, 5) is 34.3. The number of aromatic nitrogens is 3. The molecule has 2 N–H and O–H groups in total. The van der Waals surface area contributed by atoms with Crippen LogP contribution in [0, 0.1) is 12.8 Å². The molecule has 4 atom stereocenters. The Morgan fingerprint density at radius 1 is 1.27 bits per heavy atom. The lowest BCUT2D eigenvalue weighted by molar-refractivity contribution is -0.134. The Labute approximate surface area is 221 Å². The van der Waals surface area contributed by atoms with Crippen LogP contribution in [0.5, 0.6) is 0 Å². The molecule has 0 radical (unpaired) electrons. The molecule has 4 heterocycles. The van der Waals surface area contributed by atoms with Crippen LogP contribution >= 0.6 is 11.3 Å². The van der Waals surface area contributed by atoms with Gasteiger partial charge in [0.15, 0.2) is 5.78 Å². The standard InChI is InChI=1S/C28H33N5O3S/c1-16(2)25(19-12-30-32(5)13-19)27(36)33-14-21(34)10-23(33)22-11-24(35)28(4,31-22)20-8-6-18(7-9-20)26-17(3)29-15-37-26/h6-9,11-13,15-16,21,23,25,31,34H,10,14H2,1-5H3/t21-,23+,25-,28+/m1/s1. The summed E-state index contributed by atoms with van der Waals surface area (Å²) in [6.45, 7) is 8.13. The van der Waals surface area contributed by atoms with Gasteiger partial charge in [0.2, 0.25) is 5.91 Å². The first-order valence-electron chi connectivity index (χ1n) is 12.6. The summed E-state index contributed by atoms with van der Waals surface area (Å²) >= 11 is 1.59. The molecule has 0 unspecified atom stereocenters. The first-order chi connectivity index (χ1) is 17.6. The van der Waals surface area contributed by atoms with Crippen LogP contribution in [0.2, 0.25) is 0 Å². The number of rotatable bonds is 6. The van der Waals surface area contributed by atoms with Crippen molar-refractivity contribution in [3.63, 3.8) is 0 Å². The number of thiazole rings is 1. The molecule has 0 saturated carbocycles. The van der Waals surface area contributed by atoms with E-state index in [4.69, 9.17) is 0 Å². The number of aliphatic hydroxyl groups excluding tert-OH is 1. The van der Waals surface area contributed by atoms with Gasteiger partial charge in [-0.1, -0.05) is 38.1 Å². The summed E-state index contributed by atoms with van der Waals surface area (Å²) in [7, 11) is 1.83. The van der Waals surface area contributed by atoms with E-state index in [1.807, 2.05) is 70.7 Å². The lowest BCUT2D eigenvalue weighted by Crippen LogP contribution is -2.46. The van der Waals surface area contributed by atoms with E-state index in [0.717, 1.165) is 27.3 Å². The topological polar surface area (TPSA) is 100 Å². The molecule has 1 fully saturated rings. The zero-order valence-corrected chi connectivity index (χ0v) is 22.6. The van der Waals surface area contributed by atoms with Gasteiger partial charge >= 0.3 is 0 Å². The first kappa shape index (κ1) is 25.4. The van der Waals surface area contributed by atoms with Crippen molar-refractivity contribution in [2.75, 3.05) is 6.54 Å². The Balaban J connectivity index is 1.39. The molecule has 8 nitrogen and oxygen atoms in total. The van der Waals surface area contributed by atoms with E-state index in [1.54, 1.807) is 33.2 Å². The van der Waals surface area contributed by atoms with E-state index in [2.05, 4.69) is 15.4 Å². The predicted molar refractivity (Wildman–Crippen MR) is 143 cm³/mol. The fourth-order valence-electron chi connectivity index (χ4n) is 5.54. The highest BCUT2D eigenvalue weighted by molar-refractivity contribution is 7.13. The van der Waals surface area contributed by atoms with Crippen LogP contribution in [0.4, 0.5) is 0 Å². The zero-order valence-electron chi connectivity index (χ0n) is 21.8. The van der Waals surface area contributed by atoms with Crippen molar-refractivity contribution < 1.29 is 14.7 Å². The number of amides is 1. The second-order valence-electron chi connectivity index (χ2n) is 10.6. The van der Waals surface area contributed by atoms with E-state index in [1.165, 1.54) is 0 Å². The van der Waals surface area contributed by atoms with Crippen LogP contribution in [0.25, 0.3) is 10.4 Å². The van der Waals surface area contributed by atoms with E-state index in [0.29, 0.717) is 12.1 Å². The summed E-state index contributed by atoms with van der Waals surface area (Å²) in [6, 6.07) is 7.58. The summed E-state index contributed by atoms with van der Waals surface area (Å²) in [6.07, 6.45) is 4.94. The van der Waals surface area contributed by atoms with Gasteiger partial charge in [-0.25, -0.2) is 4.98 Å². The number of hydrogen-bond donors (Lipinski definition) is 2. The maximum absolute atomic E-state index is 13.8. The van der Waals surface area contributed by atoms with Crippen LogP contribution < -0.4 is 5.32 Å². The van der Waals surface area contributed by atoms with Gasteiger partial charge in [0.25, 0.3) is 0 Å². The van der Waals surface area contributed by atoms with E-state index in [-0.39, 0.29) is 30.1 Å². The van der Waals surface area contributed by atoms with Crippen LogP contribution in [-0.2, 0) is 22.2 Å². The lowest BCUT2D eigenvalue weighted by atomic mass is 9.88. The summed E-state index contributed by atoms with van der Waals surface area (Å²) < 4.78 is 1.70. The number of β-amino-alcohol motifs (C(OH)–C–C–N with tert-alkyl or cyclic N) is 1. The molecular weight excluding hydrogens is 486 g/mol. The number of carbonyl (C=O) groups is 2. The van der Waals surface area contributed by atoms with Crippen LogP contribution in [0.15, 0.2) is 53.9 Å². The maximum Gasteiger partial charge on any atom is 0.231 e. The van der Waals surface area contributed by atoms with Gasteiger partial charge in [0, 0.05) is 43.5 Å². The molecule has 3 aromatic rings. The minimum absolute atomic E-state index is 0.0493. The van der Waals surface area contributed by atoms with Gasteiger partial charge in [0.05, 0.1) is 40.3 Å². The Morgan fingerprint density at radius 3 is 2.59 bits per heavy atom. The van der Waals surface area contributed by atoms with E-state index < -0.39 is 17.7 Å². The largest absolute Gasteiger partial charge is 0.391 e. The Kier molecular flexibility index (Phi) is 6.53. The molecule has 9 heteroatoms. The number of ketones is 1. The Morgan fingerprint density at radius 2 is 2.00 bits per heavy atom. The molecule has 2 aromatic heterocycles. The third-order valence-electron chi connectivity index (χ3n) is 7.58. The van der Waals surface area contributed by atoms with Crippen molar-refractivity contribution in [3.05, 3.63) is 70.8 Å². The van der Waals surface area contributed by atoms with Crippen LogP contribution in [0.1, 0.15) is 49.9 Å². The first-order valence-corrected chi connectivity index (χ1v) is 13.5. The van der Waals surface area contributed by atoms with Gasteiger partial charge < -0.3 is 15.3 Å². The molecular formula is C28H33N5O3S. The molecule has 1 aromatic carbocycles. The van der Waals surface area contributed by atoms with Gasteiger partial charge in [-0.3, -0.25) is 14.3 Å². The van der Waals surface area contributed by atoms with Crippen molar-refractivity contribution in [1.29, 1.82) is 0 Å². The highest BCUT2D eigenvalue weighted by atomic mass is 32.1. The van der Waals surface area contributed by atoms with Gasteiger partial charge in [-0.2, -0.15) is 5.10 Å². The van der Waals surface area contributed by atoms with Gasteiger partial charge in [-0.15, -0.1) is 11.3 Å². The van der Waals surface area contributed by atoms with E-state index in [9.17, 15) is 14.7 Å². The lowest BCUT2D eigenvalue weighted by Gasteiger charge is -2.33. The monoisotopic (exact) mass is 519 g/mol. The number of nitrogens with one attached hydrogen (secondary N) is 1. The number of hydrogen-bond acceptors (Lipinski definition) is 7. The summed E-state index contributed by atoms with van der Waals surface area (Å²) in [5.41, 5.74) is 5.32. The molecule has 5 rings (SSSR count). The maximum atomic E-state index is 13.8. The smallest absolute Gasteiger partial charge is 0.231 e. The normalized spacial score (nSPS) is 24.5. The number of benzene rings is 1. The van der Waals surface area contributed by atoms with Crippen LogP contribution in [0.3, 0.4) is 0 Å². The average Bonchev–Trinajstić information content (AvgIpc) is 3.62. The van der Waals surface area contributed by atoms with Crippen molar-refractivity contribution in [3.8, 4) is 10.4 Å². The fourth-order valence-corrected chi connectivity index (χ4v) is 6.36. The molecule has 0 aliphatic carbocycles. The summed E-state index contributed by atoms with van der Waals surface area (Å²) in [5.74, 6) is -0.454. The second kappa shape index (κ2) is 9.54. The Bertz CT molecular complexity index is 1360. The Hall–Kier alpha value is -3.30. The van der Waals surface area contributed by atoms with Crippen LogP contribution in [-0.4, -0.2) is 55.2 Å². The fraction of sp³-hybridized carbons (Fsp3) is 0.429. The number of carbonyl (C=O) groups excluding carboxylic acids is 2. The molecule has 2 aliphatic heterocycles. The van der Waals surface area contributed by atoms with Crippen molar-refractivity contribution in [2.45, 2.75) is 57.7 Å². The number of aryl methyl sites for hydroxylation is 2. The minimum atomic E-state index is -0.945. The number of nitrogens with zero attached hydrogens (tertiary/aromatic N) is 4. The van der Waals surface area contributed by atoms with Gasteiger partial charge in [-0.05, 0) is 30.9 Å². The predicted octanol–water partition coefficient (Wildman–Crippen LogP) is 3.53. The molecule has 1 amide bonds. The SMILES string of the molecule is Cc1ncsc1-c1ccc([C@]2(C)NC([C@@H]3C[C@@H](O)CN3C(=O)[C@@H](c3cnn(C)c3)C(C)C)=CC2=O)cc1.